The molecule has 0 saturated carbocycles. The molecule has 0 radical (unpaired) electrons. The predicted molar refractivity (Wildman–Crippen MR) is 74.5 cm³/mol. The SMILES string of the molecule is O=C(Nc1ccc(C(=O)O)c(O)c1)c1ccc(Cl)cc1. The molecular weight excluding hydrogens is 282 g/mol. The molecule has 5 nitrogen and oxygen atoms in total. The van der Waals surface area contributed by atoms with Crippen molar-refractivity contribution in [1.29, 1.82) is 0 Å². The van der Waals surface area contributed by atoms with Crippen molar-refractivity contribution in [2.24, 2.45) is 0 Å². The maximum Gasteiger partial charge on any atom is 0.339 e. The molecule has 0 bridgehead atoms. The van der Waals surface area contributed by atoms with Crippen LogP contribution >= 0.6 is 11.6 Å². The first kappa shape index (κ1) is 13.9. The Balaban J connectivity index is 2.18. The fraction of sp³-hybridized carbons (Fsp3) is 0. The summed E-state index contributed by atoms with van der Waals surface area (Å²) in [5, 5.41) is 21.4. The van der Waals surface area contributed by atoms with Crippen molar-refractivity contribution >= 4 is 29.2 Å². The van der Waals surface area contributed by atoms with E-state index in [0.717, 1.165) is 0 Å². The molecule has 2 rings (SSSR count). The lowest BCUT2D eigenvalue weighted by molar-refractivity contribution is 0.0693. The van der Waals surface area contributed by atoms with Gasteiger partial charge in [0.15, 0.2) is 0 Å². The van der Waals surface area contributed by atoms with Crippen LogP contribution in [0.4, 0.5) is 5.69 Å². The summed E-state index contributed by atoms with van der Waals surface area (Å²) in [7, 11) is 0. The first-order valence-electron chi connectivity index (χ1n) is 5.60. The van der Waals surface area contributed by atoms with Crippen molar-refractivity contribution in [1.82, 2.24) is 0 Å². The van der Waals surface area contributed by atoms with Gasteiger partial charge in [0.2, 0.25) is 0 Å². The number of aromatic hydroxyl groups is 1. The minimum atomic E-state index is -1.24. The van der Waals surface area contributed by atoms with E-state index in [-0.39, 0.29) is 11.5 Å². The third-order valence-corrected chi connectivity index (χ3v) is 2.84. The lowest BCUT2D eigenvalue weighted by Gasteiger charge is -2.07. The number of nitrogens with one attached hydrogen (secondary N) is 1. The van der Waals surface area contributed by atoms with Gasteiger partial charge in [0, 0.05) is 22.3 Å². The number of carboxylic acids is 1. The standard InChI is InChI=1S/C14H10ClNO4/c15-9-3-1-8(2-4-9)13(18)16-10-5-6-11(14(19)20)12(17)7-10/h1-7,17H,(H,16,18)(H,19,20). The molecule has 0 aromatic heterocycles. The molecule has 0 aliphatic heterocycles. The molecular formula is C14H10ClNO4. The topological polar surface area (TPSA) is 86.6 Å². The Bertz CT molecular complexity index is 667. The molecule has 2 aromatic carbocycles. The Morgan fingerprint density at radius 2 is 1.70 bits per heavy atom. The van der Waals surface area contributed by atoms with Crippen LogP contribution in [0.3, 0.4) is 0 Å². The van der Waals surface area contributed by atoms with Gasteiger partial charge in [0.1, 0.15) is 11.3 Å². The zero-order valence-corrected chi connectivity index (χ0v) is 10.9. The first-order chi connectivity index (χ1) is 9.47. The van der Waals surface area contributed by atoms with Crippen LogP contribution in [0, 0.1) is 0 Å². The number of amides is 1. The van der Waals surface area contributed by atoms with Gasteiger partial charge in [0.05, 0.1) is 0 Å². The maximum atomic E-state index is 11.9. The predicted octanol–water partition coefficient (Wildman–Crippen LogP) is 3.00. The summed E-state index contributed by atoms with van der Waals surface area (Å²) < 4.78 is 0. The quantitative estimate of drug-likeness (QED) is 0.811. The summed E-state index contributed by atoms with van der Waals surface area (Å²) in [5.74, 6) is -2.03. The monoisotopic (exact) mass is 291 g/mol. The van der Waals surface area contributed by atoms with Crippen molar-refractivity contribution in [3.63, 3.8) is 0 Å². The average Bonchev–Trinajstić information content (AvgIpc) is 2.39. The summed E-state index contributed by atoms with van der Waals surface area (Å²) in [5.41, 5.74) is 0.471. The molecule has 6 heteroatoms. The fourth-order valence-corrected chi connectivity index (χ4v) is 1.72. The molecule has 3 N–H and O–H groups in total. The van der Waals surface area contributed by atoms with Crippen LogP contribution in [-0.4, -0.2) is 22.1 Å². The summed E-state index contributed by atoms with van der Waals surface area (Å²) in [4.78, 5) is 22.7. The zero-order valence-electron chi connectivity index (χ0n) is 10.1. The number of anilines is 1. The van der Waals surface area contributed by atoms with Crippen LogP contribution in [0.1, 0.15) is 20.7 Å². The van der Waals surface area contributed by atoms with Gasteiger partial charge >= 0.3 is 5.97 Å². The summed E-state index contributed by atoms with van der Waals surface area (Å²) in [6.07, 6.45) is 0. The second kappa shape index (κ2) is 5.63. The molecule has 0 aliphatic rings. The number of carbonyl (C=O) groups excluding carboxylic acids is 1. The van der Waals surface area contributed by atoms with Crippen molar-refractivity contribution in [2.45, 2.75) is 0 Å². The lowest BCUT2D eigenvalue weighted by Crippen LogP contribution is -2.11. The van der Waals surface area contributed by atoms with Crippen LogP contribution in [0.2, 0.25) is 5.02 Å². The second-order valence-electron chi connectivity index (χ2n) is 4.00. The van der Waals surface area contributed by atoms with E-state index in [1.165, 1.54) is 18.2 Å². The summed E-state index contributed by atoms with van der Waals surface area (Å²) >= 11 is 5.72. The van der Waals surface area contributed by atoms with Crippen LogP contribution in [0.15, 0.2) is 42.5 Å². The van der Waals surface area contributed by atoms with Crippen LogP contribution in [-0.2, 0) is 0 Å². The number of hydrogen-bond acceptors (Lipinski definition) is 3. The molecule has 1 amide bonds. The molecule has 20 heavy (non-hydrogen) atoms. The zero-order chi connectivity index (χ0) is 14.7. The van der Waals surface area contributed by atoms with Gasteiger partial charge < -0.3 is 15.5 Å². The number of aromatic carboxylic acids is 1. The summed E-state index contributed by atoms with van der Waals surface area (Å²) in [6.45, 7) is 0. The molecule has 0 unspecified atom stereocenters. The Morgan fingerprint density at radius 1 is 1.05 bits per heavy atom. The minimum absolute atomic E-state index is 0.227. The van der Waals surface area contributed by atoms with Gasteiger partial charge in [-0.25, -0.2) is 4.79 Å². The highest BCUT2D eigenvalue weighted by Crippen LogP contribution is 2.22. The van der Waals surface area contributed by atoms with E-state index < -0.39 is 11.7 Å². The van der Waals surface area contributed by atoms with Gasteiger partial charge in [-0.05, 0) is 36.4 Å². The third kappa shape index (κ3) is 3.07. The van der Waals surface area contributed by atoms with E-state index in [1.54, 1.807) is 24.3 Å². The molecule has 0 spiro atoms. The van der Waals surface area contributed by atoms with E-state index >= 15 is 0 Å². The minimum Gasteiger partial charge on any atom is -0.507 e. The van der Waals surface area contributed by atoms with E-state index in [0.29, 0.717) is 16.3 Å². The maximum absolute atomic E-state index is 11.9. The van der Waals surface area contributed by atoms with E-state index in [1.807, 2.05) is 0 Å². The fourth-order valence-electron chi connectivity index (χ4n) is 1.59. The van der Waals surface area contributed by atoms with E-state index in [9.17, 15) is 14.7 Å². The highest BCUT2D eigenvalue weighted by Gasteiger charge is 2.11. The van der Waals surface area contributed by atoms with Gasteiger partial charge in [-0.15, -0.1) is 0 Å². The largest absolute Gasteiger partial charge is 0.507 e. The number of carboxylic acid groups (broad SMARTS) is 1. The smallest absolute Gasteiger partial charge is 0.339 e. The highest BCUT2D eigenvalue weighted by atomic mass is 35.5. The van der Waals surface area contributed by atoms with Crippen molar-refractivity contribution in [3.8, 4) is 5.75 Å². The van der Waals surface area contributed by atoms with E-state index in [2.05, 4.69) is 5.32 Å². The Kier molecular flexibility index (Phi) is 3.91. The van der Waals surface area contributed by atoms with E-state index in [4.69, 9.17) is 16.7 Å². The third-order valence-electron chi connectivity index (χ3n) is 2.59. The Morgan fingerprint density at radius 3 is 2.25 bits per heavy atom. The average molecular weight is 292 g/mol. The number of carbonyl (C=O) groups is 2. The lowest BCUT2D eigenvalue weighted by atomic mass is 10.1. The Hall–Kier alpha value is -2.53. The van der Waals surface area contributed by atoms with Crippen LogP contribution in [0.25, 0.3) is 0 Å². The Labute approximate surface area is 119 Å². The molecule has 102 valence electrons. The second-order valence-corrected chi connectivity index (χ2v) is 4.43. The van der Waals surface area contributed by atoms with Crippen molar-refractivity contribution in [3.05, 3.63) is 58.6 Å². The van der Waals surface area contributed by atoms with Crippen LogP contribution in [0.5, 0.6) is 5.75 Å². The number of phenols is 1. The molecule has 0 saturated heterocycles. The molecule has 2 aromatic rings. The van der Waals surface area contributed by atoms with Gasteiger partial charge in [-0.3, -0.25) is 4.79 Å². The number of rotatable bonds is 3. The van der Waals surface area contributed by atoms with Crippen molar-refractivity contribution < 1.29 is 19.8 Å². The van der Waals surface area contributed by atoms with Gasteiger partial charge in [-0.1, -0.05) is 11.6 Å². The van der Waals surface area contributed by atoms with Gasteiger partial charge in [0.25, 0.3) is 5.91 Å². The van der Waals surface area contributed by atoms with Gasteiger partial charge in [-0.2, -0.15) is 0 Å². The number of hydrogen-bond donors (Lipinski definition) is 3. The molecule has 0 aliphatic carbocycles. The normalized spacial score (nSPS) is 10.1. The van der Waals surface area contributed by atoms with Crippen LogP contribution < -0.4 is 5.32 Å². The molecule has 0 atom stereocenters. The number of halogens is 1. The van der Waals surface area contributed by atoms with Crippen molar-refractivity contribution in [2.75, 3.05) is 5.32 Å². The summed E-state index contributed by atoms with van der Waals surface area (Å²) in [6, 6.07) is 10.1. The first-order valence-corrected chi connectivity index (χ1v) is 5.98. The molecule has 0 fully saturated rings. The highest BCUT2D eigenvalue weighted by molar-refractivity contribution is 6.30. The number of benzene rings is 2. The molecule has 0 heterocycles.